The highest BCUT2D eigenvalue weighted by Crippen LogP contribution is 2.23. The summed E-state index contributed by atoms with van der Waals surface area (Å²) in [6.07, 6.45) is 1.50. The van der Waals surface area contributed by atoms with Crippen molar-refractivity contribution in [2.45, 2.75) is 46.2 Å². The van der Waals surface area contributed by atoms with Gasteiger partial charge in [0, 0.05) is 28.9 Å². The van der Waals surface area contributed by atoms with Gasteiger partial charge in [-0.1, -0.05) is 31.2 Å². The van der Waals surface area contributed by atoms with Crippen LogP contribution >= 0.6 is 11.3 Å². The van der Waals surface area contributed by atoms with Gasteiger partial charge in [-0.05, 0) is 49.8 Å². The van der Waals surface area contributed by atoms with Gasteiger partial charge in [0.1, 0.15) is 11.3 Å². The molecule has 0 spiro atoms. The van der Waals surface area contributed by atoms with E-state index in [4.69, 9.17) is 4.74 Å². The van der Waals surface area contributed by atoms with E-state index in [9.17, 15) is 9.59 Å². The molecule has 1 unspecified atom stereocenters. The van der Waals surface area contributed by atoms with E-state index in [0.29, 0.717) is 12.2 Å². The van der Waals surface area contributed by atoms with Crippen LogP contribution in [-0.4, -0.2) is 17.6 Å². The molecule has 0 saturated carbocycles. The van der Waals surface area contributed by atoms with Gasteiger partial charge in [-0.2, -0.15) is 0 Å². The summed E-state index contributed by atoms with van der Waals surface area (Å²) in [6, 6.07) is 13.3. The van der Waals surface area contributed by atoms with Crippen LogP contribution in [0.5, 0.6) is 5.75 Å². The number of nitrogens with one attached hydrogen (secondary N) is 1. The van der Waals surface area contributed by atoms with Crippen LogP contribution in [-0.2, 0) is 13.0 Å². The van der Waals surface area contributed by atoms with Gasteiger partial charge in [-0.3, -0.25) is 9.59 Å². The summed E-state index contributed by atoms with van der Waals surface area (Å²) >= 11 is 1.61. The average Bonchev–Trinajstić information content (AvgIpc) is 3.26. The lowest BCUT2D eigenvalue weighted by Gasteiger charge is -2.20. The van der Waals surface area contributed by atoms with Crippen molar-refractivity contribution in [3.8, 4) is 5.75 Å². The second kappa shape index (κ2) is 9.76. The van der Waals surface area contributed by atoms with E-state index in [1.807, 2.05) is 67.1 Å². The Morgan fingerprint density at radius 3 is 2.63 bits per heavy atom. The number of thiophene rings is 1. The van der Waals surface area contributed by atoms with Crippen molar-refractivity contribution >= 4 is 17.2 Å². The van der Waals surface area contributed by atoms with Crippen molar-refractivity contribution in [2.75, 3.05) is 7.11 Å². The average molecular weight is 425 g/mol. The summed E-state index contributed by atoms with van der Waals surface area (Å²) in [6.45, 7) is 6.43. The highest BCUT2D eigenvalue weighted by atomic mass is 32.1. The molecule has 6 heteroatoms. The lowest BCUT2D eigenvalue weighted by atomic mass is 10.1. The van der Waals surface area contributed by atoms with Gasteiger partial charge in [0.2, 0.25) is 0 Å². The van der Waals surface area contributed by atoms with E-state index >= 15 is 0 Å². The minimum atomic E-state index is -0.316. The SMILES string of the molecule is CCC(NC(=O)c1c(C)n(CCc2ccccc2OC)c(C)cc1=O)c1cccs1. The summed E-state index contributed by atoms with van der Waals surface area (Å²) in [5.74, 6) is 0.525. The first-order valence-corrected chi connectivity index (χ1v) is 11.0. The monoisotopic (exact) mass is 424 g/mol. The number of benzene rings is 1. The van der Waals surface area contributed by atoms with Crippen LogP contribution in [0.4, 0.5) is 0 Å². The number of hydrogen-bond donors (Lipinski definition) is 1. The number of amides is 1. The van der Waals surface area contributed by atoms with Crippen LogP contribution in [0, 0.1) is 13.8 Å². The Balaban J connectivity index is 1.87. The smallest absolute Gasteiger partial charge is 0.257 e. The Morgan fingerprint density at radius 1 is 1.20 bits per heavy atom. The van der Waals surface area contributed by atoms with Crippen LogP contribution in [0.15, 0.2) is 52.6 Å². The molecule has 0 aliphatic heterocycles. The number of ether oxygens (including phenoxy) is 1. The normalized spacial score (nSPS) is 11.9. The second-order valence-corrected chi connectivity index (χ2v) is 8.25. The lowest BCUT2D eigenvalue weighted by molar-refractivity contribution is 0.0933. The van der Waals surface area contributed by atoms with E-state index in [-0.39, 0.29) is 22.9 Å². The first kappa shape index (κ1) is 21.8. The number of aromatic nitrogens is 1. The molecule has 1 atom stereocenters. The van der Waals surface area contributed by atoms with Gasteiger partial charge in [-0.15, -0.1) is 11.3 Å². The van der Waals surface area contributed by atoms with Gasteiger partial charge in [0.05, 0.1) is 13.2 Å². The second-order valence-electron chi connectivity index (χ2n) is 7.27. The molecule has 0 saturated heterocycles. The van der Waals surface area contributed by atoms with Crippen LogP contribution in [0.1, 0.15) is 51.6 Å². The van der Waals surface area contributed by atoms with Crippen LogP contribution in [0.2, 0.25) is 0 Å². The maximum Gasteiger partial charge on any atom is 0.257 e. The Hall–Kier alpha value is -2.86. The maximum absolute atomic E-state index is 13.0. The molecule has 3 rings (SSSR count). The quantitative estimate of drug-likeness (QED) is 0.572. The van der Waals surface area contributed by atoms with Crippen LogP contribution < -0.4 is 15.5 Å². The number of carbonyl (C=O) groups excluding carboxylic acids is 1. The summed E-state index contributed by atoms with van der Waals surface area (Å²) in [5.41, 5.74) is 2.60. The molecule has 1 N–H and O–H groups in total. The number of aryl methyl sites for hydroxylation is 2. The van der Waals surface area contributed by atoms with E-state index in [0.717, 1.165) is 34.7 Å². The highest BCUT2D eigenvalue weighted by Gasteiger charge is 2.21. The molecule has 3 aromatic rings. The zero-order valence-corrected chi connectivity index (χ0v) is 18.7. The maximum atomic E-state index is 13.0. The molecule has 5 nitrogen and oxygen atoms in total. The van der Waals surface area contributed by atoms with E-state index < -0.39 is 0 Å². The fraction of sp³-hybridized carbons (Fsp3) is 0.333. The molecule has 0 fully saturated rings. The standard InChI is InChI=1S/C24H28N2O3S/c1-5-19(22-11-8-14-30-22)25-24(28)23-17(3)26(16(2)15-20(23)27)13-12-18-9-6-7-10-21(18)29-4/h6-11,14-15,19H,5,12-13H2,1-4H3,(H,25,28). The van der Waals surface area contributed by atoms with Crippen molar-refractivity contribution in [3.63, 3.8) is 0 Å². The predicted octanol–water partition coefficient (Wildman–Crippen LogP) is 4.66. The summed E-state index contributed by atoms with van der Waals surface area (Å²) in [7, 11) is 1.66. The van der Waals surface area contributed by atoms with Gasteiger partial charge in [-0.25, -0.2) is 0 Å². The minimum absolute atomic E-state index is 0.0976. The molecular formula is C24H28N2O3S. The van der Waals surface area contributed by atoms with Gasteiger partial charge in [0.15, 0.2) is 5.43 Å². The topological polar surface area (TPSA) is 60.3 Å². The van der Waals surface area contributed by atoms with Crippen LogP contribution in [0.3, 0.4) is 0 Å². The lowest BCUT2D eigenvalue weighted by Crippen LogP contribution is -2.34. The first-order chi connectivity index (χ1) is 14.5. The summed E-state index contributed by atoms with van der Waals surface area (Å²) in [4.78, 5) is 26.8. The van der Waals surface area contributed by atoms with Crippen molar-refractivity contribution in [1.82, 2.24) is 9.88 Å². The minimum Gasteiger partial charge on any atom is -0.496 e. The van der Waals surface area contributed by atoms with Gasteiger partial charge in [0.25, 0.3) is 5.91 Å². The predicted molar refractivity (Wildman–Crippen MR) is 122 cm³/mol. The molecule has 0 aliphatic rings. The zero-order valence-electron chi connectivity index (χ0n) is 17.9. The zero-order chi connectivity index (χ0) is 21.7. The Kier molecular flexibility index (Phi) is 7.11. The summed E-state index contributed by atoms with van der Waals surface area (Å²) in [5, 5.41) is 5.04. The largest absolute Gasteiger partial charge is 0.496 e. The van der Waals surface area contributed by atoms with Crippen molar-refractivity contribution in [1.29, 1.82) is 0 Å². The molecule has 2 heterocycles. The fourth-order valence-corrected chi connectivity index (χ4v) is 4.64. The third-order valence-electron chi connectivity index (χ3n) is 5.40. The molecule has 1 amide bonds. The van der Waals surface area contributed by atoms with Crippen LogP contribution in [0.25, 0.3) is 0 Å². The van der Waals surface area contributed by atoms with E-state index in [2.05, 4.69) is 5.32 Å². The molecular weight excluding hydrogens is 396 g/mol. The number of para-hydroxylation sites is 1. The molecule has 0 aliphatic carbocycles. The van der Waals surface area contributed by atoms with Crippen molar-refractivity contribution < 1.29 is 9.53 Å². The number of methoxy groups -OCH3 is 1. The fourth-order valence-electron chi connectivity index (χ4n) is 3.77. The Morgan fingerprint density at radius 2 is 1.97 bits per heavy atom. The third-order valence-corrected chi connectivity index (χ3v) is 6.39. The first-order valence-electron chi connectivity index (χ1n) is 10.1. The Labute approximate surface area is 181 Å². The molecule has 30 heavy (non-hydrogen) atoms. The molecule has 158 valence electrons. The van der Waals surface area contributed by atoms with Gasteiger partial charge >= 0.3 is 0 Å². The number of carbonyl (C=O) groups is 1. The number of rotatable bonds is 8. The number of nitrogens with zero attached hydrogens (tertiary/aromatic N) is 1. The van der Waals surface area contributed by atoms with E-state index in [1.54, 1.807) is 24.5 Å². The molecule has 1 aromatic carbocycles. The molecule has 2 aromatic heterocycles. The number of hydrogen-bond acceptors (Lipinski definition) is 4. The van der Waals surface area contributed by atoms with Crippen molar-refractivity contribution in [3.05, 3.63) is 85.5 Å². The Bertz CT molecular complexity index is 1070. The molecule has 0 radical (unpaired) electrons. The van der Waals surface area contributed by atoms with E-state index in [1.165, 1.54) is 0 Å². The highest BCUT2D eigenvalue weighted by molar-refractivity contribution is 7.10. The summed E-state index contributed by atoms with van der Waals surface area (Å²) < 4.78 is 7.48. The third kappa shape index (κ3) is 4.65. The number of pyridine rings is 1. The molecule has 0 bridgehead atoms. The van der Waals surface area contributed by atoms with Gasteiger partial charge < -0.3 is 14.6 Å². The van der Waals surface area contributed by atoms with Crippen molar-refractivity contribution in [2.24, 2.45) is 0 Å².